The first kappa shape index (κ1) is 15.8. The molecule has 0 saturated carbocycles. The molecule has 6 nitrogen and oxygen atoms in total. The van der Waals surface area contributed by atoms with E-state index in [1.54, 1.807) is 0 Å². The summed E-state index contributed by atoms with van der Waals surface area (Å²) in [6, 6.07) is 2.70. The van der Waals surface area contributed by atoms with Crippen LogP contribution in [-0.2, 0) is 9.59 Å². The molecule has 1 N–H and O–H groups in total. The maximum absolute atomic E-state index is 12.1. The minimum Gasteiger partial charge on any atom is -0.478 e. The minimum absolute atomic E-state index is 0.00572. The van der Waals surface area contributed by atoms with Crippen molar-refractivity contribution in [3.05, 3.63) is 22.8 Å². The third-order valence-corrected chi connectivity index (χ3v) is 4.31. The Morgan fingerprint density at radius 3 is 2.86 bits per heavy atom. The van der Waals surface area contributed by atoms with Crippen molar-refractivity contribution in [1.82, 2.24) is 4.98 Å². The van der Waals surface area contributed by atoms with Crippen LogP contribution in [0.3, 0.4) is 0 Å². The largest absolute Gasteiger partial charge is 0.478 e. The first-order valence-corrected chi connectivity index (χ1v) is 7.58. The Morgan fingerprint density at radius 2 is 2.24 bits per heavy atom. The Hall–Kier alpha value is -1.60. The van der Waals surface area contributed by atoms with Crippen molar-refractivity contribution in [3.8, 4) is 0 Å². The summed E-state index contributed by atoms with van der Waals surface area (Å²) in [5.74, 6) is -0.783. The number of hydrogen-bond acceptors (Lipinski definition) is 5. The van der Waals surface area contributed by atoms with Gasteiger partial charge in [0, 0.05) is 25.6 Å². The van der Waals surface area contributed by atoms with E-state index in [1.165, 1.54) is 24.0 Å². The molecule has 2 heterocycles. The number of rotatable bonds is 4. The highest BCUT2D eigenvalue weighted by atomic mass is 35.5. The predicted octanol–water partition coefficient (Wildman–Crippen LogP) is 2.07. The van der Waals surface area contributed by atoms with Gasteiger partial charge in [-0.05, 0) is 18.1 Å². The van der Waals surface area contributed by atoms with Crippen LogP contribution in [0.2, 0.25) is 5.15 Å². The number of hydrogen-bond donors (Lipinski definition) is 1. The Labute approximate surface area is 130 Å². The molecule has 1 aromatic heterocycles. The molecule has 1 atom stereocenters. The number of carboxylic acids is 1. The molecule has 1 unspecified atom stereocenters. The molecule has 21 heavy (non-hydrogen) atoms. The fraction of sp³-hybridized carbons (Fsp3) is 0.385. The molecule has 0 aromatic carbocycles. The zero-order valence-corrected chi connectivity index (χ0v) is 12.8. The van der Waals surface area contributed by atoms with Crippen LogP contribution in [0.4, 0.5) is 5.82 Å². The topological polar surface area (TPSA) is 87.6 Å². The van der Waals surface area contributed by atoms with Crippen molar-refractivity contribution in [2.24, 2.45) is 5.92 Å². The van der Waals surface area contributed by atoms with E-state index in [-0.39, 0.29) is 39.9 Å². The highest BCUT2D eigenvalue weighted by Gasteiger charge is 2.34. The number of pyridine rings is 1. The van der Waals surface area contributed by atoms with E-state index in [1.807, 2.05) is 0 Å². The van der Waals surface area contributed by atoms with Crippen LogP contribution in [0.1, 0.15) is 23.7 Å². The summed E-state index contributed by atoms with van der Waals surface area (Å²) >= 11 is 6.96. The van der Waals surface area contributed by atoms with Crippen molar-refractivity contribution in [1.29, 1.82) is 0 Å². The Kier molecular flexibility index (Phi) is 4.84. The number of nitrogens with zero attached hydrogens (tertiary/aromatic N) is 2. The summed E-state index contributed by atoms with van der Waals surface area (Å²) in [6.45, 7) is 1.81. The van der Waals surface area contributed by atoms with Crippen molar-refractivity contribution >= 4 is 46.2 Å². The molecular weight excluding hydrogens is 316 g/mol. The molecule has 1 aliphatic rings. The van der Waals surface area contributed by atoms with Gasteiger partial charge in [-0.15, -0.1) is 0 Å². The van der Waals surface area contributed by atoms with E-state index in [0.29, 0.717) is 12.3 Å². The normalized spacial score (nSPS) is 18.1. The summed E-state index contributed by atoms with van der Waals surface area (Å²) in [5.41, 5.74) is -0.0624. The molecule has 1 aromatic rings. The first-order chi connectivity index (χ1) is 9.88. The molecular formula is C13H13ClN2O4S. The fourth-order valence-corrected chi connectivity index (χ4v) is 2.97. The molecule has 0 bridgehead atoms. The van der Waals surface area contributed by atoms with Gasteiger partial charge in [-0.2, -0.15) is 0 Å². The summed E-state index contributed by atoms with van der Waals surface area (Å²) in [7, 11) is 0. The summed E-state index contributed by atoms with van der Waals surface area (Å²) in [4.78, 5) is 39.6. The molecule has 0 spiro atoms. The second kappa shape index (κ2) is 6.44. The summed E-state index contributed by atoms with van der Waals surface area (Å²) < 4.78 is 0. The molecule has 2 rings (SSSR count). The lowest BCUT2D eigenvalue weighted by molar-refractivity contribution is -0.117. The second-order valence-corrected chi connectivity index (χ2v) is 6.27. The number of thioether (sulfide) groups is 1. The van der Waals surface area contributed by atoms with Gasteiger partial charge in [-0.3, -0.25) is 14.5 Å². The highest BCUT2D eigenvalue weighted by molar-refractivity contribution is 8.13. The third kappa shape index (κ3) is 3.74. The summed E-state index contributed by atoms with van der Waals surface area (Å²) in [5, 5.41) is 9.30. The lowest BCUT2D eigenvalue weighted by atomic mass is 10.1. The molecule has 0 radical (unpaired) electrons. The van der Waals surface area contributed by atoms with Gasteiger partial charge >= 0.3 is 5.97 Å². The molecule has 1 amide bonds. The van der Waals surface area contributed by atoms with E-state index in [9.17, 15) is 19.5 Å². The smallest absolute Gasteiger partial charge is 0.339 e. The predicted molar refractivity (Wildman–Crippen MR) is 79.8 cm³/mol. The third-order valence-electron chi connectivity index (χ3n) is 3.05. The maximum Gasteiger partial charge on any atom is 0.339 e. The van der Waals surface area contributed by atoms with Gasteiger partial charge in [-0.25, -0.2) is 9.78 Å². The van der Waals surface area contributed by atoms with Crippen molar-refractivity contribution in [2.75, 3.05) is 17.2 Å². The van der Waals surface area contributed by atoms with E-state index in [2.05, 4.69) is 4.98 Å². The maximum atomic E-state index is 12.1. The van der Waals surface area contributed by atoms with Crippen molar-refractivity contribution < 1.29 is 19.5 Å². The number of carbonyl (C=O) groups excluding carboxylic acids is 2. The van der Waals surface area contributed by atoms with Crippen LogP contribution in [0.25, 0.3) is 0 Å². The number of carboxylic acid groups (broad SMARTS) is 1. The van der Waals surface area contributed by atoms with Gasteiger partial charge in [0.25, 0.3) is 0 Å². The molecule has 1 aliphatic heterocycles. The molecule has 0 aliphatic carbocycles. The number of aromatic nitrogens is 1. The van der Waals surface area contributed by atoms with Gasteiger partial charge in [-0.1, -0.05) is 23.4 Å². The Morgan fingerprint density at radius 1 is 1.52 bits per heavy atom. The number of carbonyl (C=O) groups is 3. The molecule has 1 saturated heterocycles. The van der Waals surface area contributed by atoms with Crippen molar-refractivity contribution in [3.63, 3.8) is 0 Å². The van der Waals surface area contributed by atoms with Crippen molar-refractivity contribution in [2.45, 2.75) is 13.3 Å². The number of halogens is 1. The van der Waals surface area contributed by atoms with Crippen LogP contribution in [-0.4, -0.2) is 39.4 Å². The monoisotopic (exact) mass is 328 g/mol. The van der Waals surface area contributed by atoms with Crippen LogP contribution < -0.4 is 4.90 Å². The van der Waals surface area contributed by atoms with Crippen LogP contribution >= 0.6 is 23.4 Å². The summed E-state index contributed by atoms with van der Waals surface area (Å²) in [6.07, 6.45) is 0.271. The van der Waals surface area contributed by atoms with Gasteiger partial charge in [0.2, 0.25) is 5.91 Å². The molecule has 1 fully saturated rings. The minimum atomic E-state index is -1.16. The van der Waals surface area contributed by atoms with E-state index in [4.69, 9.17) is 11.6 Å². The van der Waals surface area contributed by atoms with E-state index in [0.717, 1.165) is 11.8 Å². The number of anilines is 1. The number of amides is 1. The Bertz CT molecular complexity index is 608. The van der Waals surface area contributed by atoms with Gasteiger partial charge in [0.1, 0.15) is 10.7 Å². The van der Waals surface area contributed by atoms with Crippen LogP contribution in [0.5, 0.6) is 0 Å². The SMILES string of the molecule is CC(=O)SCC1CC(=O)N(c2nc(Cl)ccc2C(=O)O)C1. The Balaban J connectivity index is 2.22. The average molecular weight is 329 g/mol. The van der Waals surface area contributed by atoms with Gasteiger partial charge in [0.05, 0.1) is 0 Å². The lowest BCUT2D eigenvalue weighted by Crippen LogP contribution is -2.28. The number of aromatic carboxylic acids is 1. The van der Waals surface area contributed by atoms with E-state index >= 15 is 0 Å². The fourth-order valence-electron chi connectivity index (χ4n) is 2.13. The van der Waals surface area contributed by atoms with E-state index < -0.39 is 5.97 Å². The zero-order valence-electron chi connectivity index (χ0n) is 11.2. The lowest BCUT2D eigenvalue weighted by Gasteiger charge is -2.17. The average Bonchev–Trinajstić information content (AvgIpc) is 2.77. The molecule has 112 valence electrons. The highest BCUT2D eigenvalue weighted by Crippen LogP contribution is 2.29. The standard InChI is InChI=1S/C13H13ClN2O4S/c1-7(17)21-6-8-4-11(18)16(5-8)12-9(13(19)20)2-3-10(14)15-12/h2-3,8H,4-6H2,1H3,(H,19,20). The first-order valence-electron chi connectivity index (χ1n) is 6.22. The second-order valence-electron chi connectivity index (χ2n) is 4.69. The van der Waals surface area contributed by atoms with Gasteiger partial charge < -0.3 is 5.11 Å². The zero-order chi connectivity index (χ0) is 15.6. The van der Waals surface area contributed by atoms with Crippen LogP contribution in [0.15, 0.2) is 12.1 Å². The van der Waals surface area contributed by atoms with Crippen LogP contribution in [0, 0.1) is 5.92 Å². The molecule has 8 heteroatoms. The van der Waals surface area contributed by atoms with Gasteiger partial charge in [0.15, 0.2) is 10.9 Å². The quantitative estimate of drug-likeness (QED) is 0.851.